The molecule has 0 radical (unpaired) electrons. The summed E-state index contributed by atoms with van der Waals surface area (Å²) in [5.41, 5.74) is 6.85. The summed E-state index contributed by atoms with van der Waals surface area (Å²) >= 11 is 0. The van der Waals surface area contributed by atoms with Crippen LogP contribution in [0.5, 0.6) is 0 Å². The molecule has 4 N–H and O–H groups in total. The number of benzene rings is 1. The summed E-state index contributed by atoms with van der Waals surface area (Å²) in [6.07, 6.45) is 4.33. The van der Waals surface area contributed by atoms with Gasteiger partial charge in [-0.05, 0) is 50.0 Å². The van der Waals surface area contributed by atoms with Crippen LogP contribution >= 0.6 is 0 Å². The van der Waals surface area contributed by atoms with Gasteiger partial charge in [-0.1, -0.05) is 35.5 Å². The summed E-state index contributed by atoms with van der Waals surface area (Å²) in [7, 11) is 0. The van der Waals surface area contributed by atoms with Crippen molar-refractivity contribution >= 4 is 23.7 Å². The molecule has 3 aliphatic rings. The first kappa shape index (κ1) is 23.8. The number of fused-ring (bicyclic) bond motifs is 1. The molecule has 10 heteroatoms. The van der Waals surface area contributed by atoms with Crippen LogP contribution in [-0.4, -0.2) is 88.4 Å². The molecule has 0 aromatic heterocycles. The Labute approximate surface area is 199 Å². The molecule has 3 fully saturated rings. The molecule has 0 bridgehead atoms. The molecule has 1 aromatic carbocycles. The highest BCUT2D eigenvalue weighted by molar-refractivity contribution is 5.99. The largest absolute Gasteiger partial charge is 0.408 e. The lowest BCUT2D eigenvalue weighted by Crippen LogP contribution is -2.61. The van der Waals surface area contributed by atoms with E-state index in [9.17, 15) is 14.4 Å². The Kier molecular flexibility index (Phi) is 7.54. The third kappa shape index (κ3) is 5.26. The minimum absolute atomic E-state index is 0.0419. The molecule has 0 saturated carbocycles. The van der Waals surface area contributed by atoms with Gasteiger partial charge in [0.15, 0.2) is 0 Å². The number of aryl methyl sites for hydroxylation is 1. The maximum Gasteiger partial charge on any atom is 0.245 e. The second-order valence-electron chi connectivity index (χ2n) is 9.39. The molecule has 10 nitrogen and oxygen atoms in total. The summed E-state index contributed by atoms with van der Waals surface area (Å²) in [6, 6.07) is 8.99. The molecule has 34 heavy (non-hydrogen) atoms. The van der Waals surface area contributed by atoms with Gasteiger partial charge in [-0.2, -0.15) is 0 Å². The number of oxime groups is 1. The Morgan fingerprint density at radius 1 is 1.12 bits per heavy atom. The van der Waals surface area contributed by atoms with Gasteiger partial charge in [0.25, 0.3) is 0 Å². The molecular weight excluding hydrogens is 436 g/mol. The highest BCUT2D eigenvalue weighted by Crippen LogP contribution is 2.29. The Hall–Kier alpha value is -3.30. The van der Waals surface area contributed by atoms with Crippen LogP contribution < -0.4 is 11.1 Å². The maximum absolute atomic E-state index is 13.0. The second-order valence-corrected chi connectivity index (χ2v) is 9.39. The van der Waals surface area contributed by atoms with Gasteiger partial charge in [0.2, 0.25) is 23.7 Å². The van der Waals surface area contributed by atoms with Crippen molar-refractivity contribution in [2.45, 2.75) is 50.6 Å². The molecule has 4 rings (SSSR count). The molecule has 3 heterocycles. The van der Waals surface area contributed by atoms with Gasteiger partial charge in [0.1, 0.15) is 12.1 Å². The minimum atomic E-state index is -0.579. The maximum atomic E-state index is 13.0. The number of carbonyl (C=O) groups is 3. The lowest BCUT2D eigenvalue weighted by molar-refractivity contribution is -0.157. The average Bonchev–Trinajstić information content (AvgIpc) is 3.32. The van der Waals surface area contributed by atoms with Crippen molar-refractivity contribution in [3.05, 3.63) is 35.9 Å². The first-order chi connectivity index (χ1) is 16.5. The zero-order chi connectivity index (χ0) is 24.1. The molecule has 3 amide bonds. The summed E-state index contributed by atoms with van der Waals surface area (Å²) in [6.45, 7) is 2.44. The molecular formula is C24H34N6O4. The van der Waals surface area contributed by atoms with Crippen molar-refractivity contribution in [2.75, 3.05) is 32.7 Å². The number of amides is 3. The number of guanidine groups is 1. The third-order valence-corrected chi connectivity index (χ3v) is 7.24. The zero-order valence-corrected chi connectivity index (χ0v) is 19.4. The van der Waals surface area contributed by atoms with Crippen LogP contribution in [0.15, 0.2) is 35.5 Å². The molecule has 0 spiro atoms. The summed E-state index contributed by atoms with van der Waals surface area (Å²) in [5, 5.41) is 14.8. The fourth-order valence-electron chi connectivity index (χ4n) is 5.29. The van der Waals surface area contributed by atoms with Crippen LogP contribution in [0.3, 0.4) is 0 Å². The van der Waals surface area contributed by atoms with Gasteiger partial charge in [-0.3, -0.25) is 14.4 Å². The van der Waals surface area contributed by atoms with Crippen molar-refractivity contribution in [3.8, 4) is 0 Å². The van der Waals surface area contributed by atoms with Gasteiger partial charge in [0, 0.05) is 26.2 Å². The summed E-state index contributed by atoms with van der Waals surface area (Å²) in [4.78, 5) is 43.8. The van der Waals surface area contributed by atoms with Crippen LogP contribution in [0.4, 0.5) is 0 Å². The average molecular weight is 471 g/mol. The van der Waals surface area contributed by atoms with E-state index in [0.29, 0.717) is 44.9 Å². The Morgan fingerprint density at radius 2 is 1.85 bits per heavy atom. The van der Waals surface area contributed by atoms with E-state index >= 15 is 0 Å². The molecule has 2 atom stereocenters. The van der Waals surface area contributed by atoms with E-state index in [1.54, 1.807) is 4.90 Å². The van der Waals surface area contributed by atoms with Crippen LogP contribution in [0, 0.1) is 5.92 Å². The predicted molar refractivity (Wildman–Crippen MR) is 126 cm³/mol. The zero-order valence-electron chi connectivity index (χ0n) is 19.4. The van der Waals surface area contributed by atoms with Crippen molar-refractivity contribution in [1.29, 1.82) is 0 Å². The van der Waals surface area contributed by atoms with E-state index in [1.807, 2.05) is 23.1 Å². The lowest BCUT2D eigenvalue weighted by Gasteiger charge is -2.38. The van der Waals surface area contributed by atoms with E-state index < -0.39 is 12.1 Å². The number of piperidine rings is 1. The minimum Gasteiger partial charge on any atom is -0.408 e. The molecule has 1 aromatic rings. The number of nitrogens with two attached hydrogens (primary N) is 1. The summed E-state index contributed by atoms with van der Waals surface area (Å²) in [5.74, 6) is 0.0390. The monoisotopic (exact) mass is 470 g/mol. The van der Waals surface area contributed by atoms with Gasteiger partial charge in [0.05, 0.1) is 6.54 Å². The van der Waals surface area contributed by atoms with Crippen molar-refractivity contribution in [2.24, 2.45) is 16.8 Å². The van der Waals surface area contributed by atoms with Crippen LogP contribution in [0.2, 0.25) is 0 Å². The molecule has 3 aliphatic heterocycles. The van der Waals surface area contributed by atoms with Crippen molar-refractivity contribution in [3.63, 3.8) is 0 Å². The molecule has 184 valence electrons. The van der Waals surface area contributed by atoms with Gasteiger partial charge in [-0.15, -0.1) is 0 Å². The third-order valence-electron chi connectivity index (χ3n) is 7.24. The fourth-order valence-corrected chi connectivity index (χ4v) is 5.29. The SMILES string of the molecule is NC(=NO)N1CCC(CNC(=O)[C@@H]2CC[C@H]3C(=O)N(CCCc4ccccc4)CC(=O)N23)CC1. The molecule has 3 saturated heterocycles. The second kappa shape index (κ2) is 10.8. The smallest absolute Gasteiger partial charge is 0.245 e. The van der Waals surface area contributed by atoms with Gasteiger partial charge < -0.3 is 31.0 Å². The molecule has 0 aliphatic carbocycles. The van der Waals surface area contributed by atoms with Crippen LogP contribution in [0.1, 0.15) is 37.7 Å². The standard InChI is InChI=1S/C24H34N6O4/c25-24(27-34)28-13-10-18(11-14-28)15-26-22(32)19-8-9-20-23(33)29(16-21(31)30(19)20)12-4-7-17-5-2-1-3-6-17/h1-3,5-6,18-20,34H,4,7-16H2,(H2,25,27)(H,26,32)/t19-,20-/m0/s1. The van der Waals surface area contributed by atoms with Crippen molar-refractivity contribution < 1.29 is 19.6 Å². The van der Waals surface area contributed by atoms with Crippen molar-refractivity contribution in [1.82, 2.24) is 20.0 Å². The number of piperazine rings is 1. The van der Waals surface area contributed by atoms with E-state index in [4.69, 9.17) is 10.9 Å². The van der Waals surface area contributed by atoms with E-state index in [2.05, 4.69) is 22.6 Å². The Balaban J connectivity index is 1.25. The van der Waals surface area contributed by atoms with E-state index in [-0.39, 0.29) is 30.2 Å². The normalized spacial score (nSPS) is 23.9. The van der Waals surface area contributed by atoms with Crippen LogP contribution in [0.25, 0.3) is 0 Å². The van der Waals surface area contributed by atoms with E-state index in [0.717, 1.165) is 25.7 Å². The lowest BCUT2D eigenvalue weighted by atomic mass is 9.97. The number of rotatable bonds is 7. The number of nitrogens with one attached hydrogen (secondary N) is 1. The van der Waals surface area contributed by atoms with Crippen LogP contribution in [-0.2, 0) is 20.8 Å². The Bertz CT molecular complexity index is 915. The van der Waals surface area contributed by atoms with Gasteiger partial charge >= 0.3 is 0 Å². The number of carbonyl (C=O) groups excluding carboxylic acids is 3. The number of likely N-dealkylation sites (tertiary alicyclic amines) is 1. The highest BCUT2D eigenvalue weighted by Gasteiger charge is 2.48. The number of hydrogen-bond acceptors (Lipinski definition) is 5. The van der Waals surface area contributed by atoms with Gasteiger partial charge in [-0.25, -0.2) is 0 Å². The highest BCUT2D eigenvalue weighted by atomic mass is 16.4. The first-order valence-corrected chi connectivity index (χ1v) is 12.1. The molecule has 0 unspecified atom stereocenters. The van der Waals surface area contributed by atoms with E-state index in [1.165, 1.54) is 10.5 Å². The number of hydrogen-bond donors (Lipinski definition) is 3. The Morgan fingerprint density at radius 3 is 2.56 bits per heavy atom. The fraction of sp³-hybridized carbons (Fsp3) is 0.583. The topological polar surface area (TPSA) is 132 Å². The number of nitrogens with zero attached hydrogens (tertiary/aromatic N) is 4. The quantitative estimate of drug-likeness (QED) is 0.228. The first-order valence-electron chi connectivity index (χ1n) is 12.1. The predicted octanol–water partition coefficient (Wildman–Crippen LogP) is 0.353. The summed E-state index contributed by atoms with van der Waals surface area (Å²) < 4.78 is 0.